The zero-order valence-electron chi connectivity index (χ0n) is 28.2. The Hall–Kier alpha value is -1.10. The Morgan fingerprint density at radius 3 is 1.14 bits per heavy atom. The van der Waals surface area contributed by atoms with Gasteiger partial charge in [0.2, 0.25) is 0 Å². The molecule has 0 spiro atoms. The number of carbonyl (C=O) groups is 2. The first-order valence-corrected chi connectivity index (χ1v) is 18.5. The fourth-order valence-corrected chi connectivity index (χ4v) is 5.90. The fourth-order valence-electron chi connectivity index (χ4n) is 5.90. The van der Waals surface area contributed by atoms with Gasteiger partial charge in [-0.25, -0.2) is 0 Å². The van der Waals surface area contributed by atoms with Crippen LogP contribution in [0.15, 0.2) is 0 Å². The third-order valence-corrected chi connectivity index (χ3v) is 8.65. The largest absolute Gasteiger partial charge is 0.481 e. The van der Waals surface area contributed by atoms with Gasteiger partial charge < -0.3 is 14.9 Å². The summed E-state index contributed by atoms with van der Waals surface area (Å²) in [5.41, 5.74) is 0. The molecule has 0 amide bonds. The lowest BCUT2D eigenvalue weighted by Crippen LogP contribution is -2.22. The minimum atomic E-state index is -0.676. The number of ether oxygens (including phenoxy) is 1. The fraction of sp³-hybridized carbons (Fsp3) is 0.946. The maximum atomic E-state index is 12.6. The third-order valence-electron chi connectivity index (χ3n) is 8.65. The third kappa shape index (κ3) is 31.8. The molecular weight excluding hydrogens is 524 g/mol. The molecule has 0 bridgehead atoms. The second-order valence-corrected chi connectivity index (χ2v) is 13.1. The summed E-state index contributed by atoms with van der Waals surface area (Å²) in [6.07, 6.45) is 36.0. The minimum absolute atomic E-state index is 0.00907. The van der Waals surface area contributed by atoms with Gasteiger partial charge in [0.25, 0.3) is 0 Å². The lowest BCUT2D eigenvalue weighted by molar-refractivity contribution is -0.151. The summed E-state index contributed by atoms with van der Waals surface area (Å²) in [5.74, 6) is -0.789. The van der Waals surface area contributed by atoms with E-state index in [0.717, 1.165) is 38.5 Å². The Morgan fingerprint density at radius 2 is 0.833 bits per heavy atom. The zero-order valence-corrected chi connectivity index (χ0v) is 28.2. The number of rotatable bonds is 34. The van der Waals surface area contributed by atoms with Crippen molar-refractivity contribution in [2.45, 2.75) is 213 Å². The van der Waals surface area contributed by atoms with Crippen molar-refractivity contribution < 1.29 is 24.5 Å². The van der Waals surface area contributed by atoms with Gasteiger partial charge in [-0.15, -0.1) is 0 Å². The lowest BCUT2D eigenvalue weighted by Gasteiger charge is -2.17. The Kier molecular flexibility index (Phi) is 31.9. The van der Waals surface area contributed by atoms with Crippen LogP contribution < -0.4 is 0 Å². The van der Waals surface area contributed by atoms with Crippen molar-refractivity contribution in [3.8, 4) is 0 Å². The van der Waals surface area contributed by atoms with Gasteiger partial charge in [-0.05, 0) is 26.2 Å². The van der Waals surface area contributed by atoms with Crippen molar-refractivity contribution in [3.63, 3.8) is 0 Å². The topological polar surface area (TPSA) is 83.8 Å². The number of esters is 1. The van der Waals surface area contributed by atoms with Crippen molar-refractivity contribution in [1.29, 1.82) is 0 Å². The number of unbranched alkanes of at least 4 members (excludes halogenated alkanes) is 25. The van der Waals surface area contributed by atoms with Gasteiger partial charge in [-0.2, -0.15) is 0 Å². The monoisotopic (exact) mass is 597 g/mol. The summed E-state index contributed by atoms with van der Waals surface area (Å²) in [6.45, 7) is 4.06. The van der Waals surface area contributed by atoms with Gasteiger partial charge >= 0.3 is 11.9 Å². The van der Waals surface area contributed by atoms with Crippen LogP contribution in [-0.4, -0.2) is 34.9 Å². The van der Waals surface area contributed by atoms with Gasteiger partial charge in [-0.3, -0.25) is 9.59 Å². The molecule has 0 fully saturated rings. The summed E-state index contributed by atoms with van der Waals surface area (Å²) < 4.78 is 5.40. The summed E-state index contributed by atoms with van der Waals surface area (Å²) in [5, 5.41) is 18.2. The van der Waals surface area contributed by atoms with Gasteiger partial charge in [0, 0.05) is 6.42 Å². The highest BCUT2D eigenvalue weighted by Gasteiger charge is 2.20. The van der Waals surface area contributed by atoms with E-state index >= 15 is 0 Å². The van der Waals surface area contributed by atoms with E-state index in [1.807, 2.05) is 0 Å². The van der Waals surface area contributed by atoms with Crippen LogP contribution in [0.1, 0.15) is 206 Å². The first-order valence-electron chi connectivity index (χ1n) is 18.5. The van der Waals surface area contributed by atoms with Crippen molar-refractivity contribution in [2.24, 2.45) is 5.92 Å². The number of carbonyl (C=O) groups excluding carboxylic acids is 1. The smallest absolute Gasteiger partial charge is 0.309 e. The van der Waals surface area contributed by atoms with E-state index in [0.29, 0.717) is 6.42 Å². The molecule has 2 unspecified atom stereocenters. The normalized spacial score (nSPS) is 12.8. The molecule has 0 aromatic rings. The molecular formula is C37H72O5. The number of carboxylic acid groups (broad SMARTS) is 1. The van der Waals surface area contributed by atoms with Crippen LogP contribution in [0.3, 0.4) is 0 Å². The number of aliphatic hydroxyl groups is 1. The quantitative estimate of drug-likeness (QED) is 0.0570. The minimum Gasteiger partial charge on any atom is -0.481 e. The van der Waals surface area contributed by atoms with E-state index in [2.05, 4.69) is 6.92 Å². The summed E-state index contributed by atoms with van der Waals surface area (Å²) in [6, 6.07) is 0. The van der Waals surface area contributed by atoms with E-state index < -0.39 is 12.1 Å². The van der Waals surface area contributed by atoms with Gasteiger partial charge in [0.15, 0.2) is 0 Å². The van der Waals surface area contributed by atoms with Crippen molar-refractivity contribution in [3.05, 3.63) is 0 Å². The average Bonchev–Trinajstić information content (AvgIpc) is 2.96. The van der Waals surface area contributed by atoms with Gasteiger partial charge in [-0.1, -0.05) is 174 Å². The molecule has 0 saturated heterocycles. The predicted octanol–water partition coefficient (Wildman–Crippen LogP) is 11.3. The Morgan fingerprint density at radius 1 is 0.524 bits per heavy atom. The van der Waals surface area contributed by atoms with Crippen LogP contribution in [0, 0.1) is 5.92 Å². The lowest BCUT2D eigenvalue weighted by atomic mass is 9.94. The molecule has 0 saturated carbocycles. The Balaban J connectivity index is 3.78. The molecule has 0 heterocycles. The molecule has 0 radical (unpaired) electrons. The molecule has 5 nitrogen and oxygen atoms in total. The second-order valence-electron chi connectivity index (χ2n) is 13.1. The Bertz CT molecular complexity index is 577. The number of carboxylic acids is 1. The van der Waals surface area contributed by atoms with Crippen molar-refractivity contribution in [1.82, 2.24) is 0 Å². The summed E-state index contributed by atoms with van der Waals surface area (Å²) in [4.78, 5) is 23.2. The van der Waals surface area contributed by atoms with Crippen LogP contribution in [0.4, 0.5) is 0 Å². The molecule has 0 rings (SSSR count). The number of hydrogen-bond acceptors (Lipinski definition) is 4. The summed E-state index contributed by atoms with van der Waals surface area (Å²) in [7, 11) is 0. The van der Waals surface area contributed by atoms with E-state index in [4.69, 9.17) is 9.84 Å². The molecule has 0 aliphatic rings. The standard InChI is InChI=1S/C37H72O5/c1-3-4-5-6-7-8-9-10-12-15-18-21-24-27-30-35(37(41)42-33-34(2)38)31-28-25-22-19-16-13-11-14-17-20-23-26-29-32-36(39)40/h34-35,38H,3-33H2,1-2H3,(H,39,40). The molecule has 250 valence electrons. The average molecular weight is 597 g/mol. The SMILES string of the molecule is CCCCCCCCCCCCCCCCC(CCCCCCCCCCCCCCCC(=O)O)C(=O)OCC(C)O. The first-order chi connectivity index (χ1) is 20.5. The maximum Gasteiger partial charge on any atom is 0.309 e. The molecule has 2 atom stereocenters. The van der Waals surface area contributed by atoms with Crippen LogP contribution in [0.25, 0.3) is 0 Å². The molecule has 0 aliphatic heterocycles. The highest BCUT2D eigenvalue weighted by atomic mass is 16.5. The number of aliphatic carboxylic acids is 1. The number of hydrogen-bond donors (Lipinski definition) is 2. The zero-order chi connectivity index (χ0) is 30.9. The molecule has 0 aromatic carbocycles. The molecule has 2 N–H and O–H groups in total. The number of aliphatic hydroxyl groups excluding tert-OH is 1. The van der Waals surface area contributed by atoms with E-state index in [1.54, 1.807) is 6.92 Å². The molecule has 5 heteroatoms. The predicted molar refractivity (Wildman–Crippen MR) is 178 cm³/mol. The van der Waals surface area contributed by atoms with Crippen LogP contribution >= 0.6 is 0 Å². The van der Waals surface area contributed by atoms with Gasteiger partial charge in [0.1, 0.15) is 6.61 Å². The Labute approximate surface area is 261 Å². The van der Waals surface area contributed by atoms with E-state index in [1.165, 1.54) is 148 Å². The van der Waals surface area contributed by atoms with Gasteiger partial charge in [0.05, 0.1) is 12.0 Å². The molecule has 0 aliphatic carbocycles. The molecule has 0 aromatic heterocycles. The summed E-state index contributed by atoms with van der Waals surface area (Å²) >= 11 is 0. The highest BCUT2D eigenvalue weighted by molar-refractivity contribution is 5.72. The van der Waals surface area contributed by atoms with E-state index in [-0.39, 0.29) is 18.5 Å². The van der Waals surface area contributed by atoms with Crippen LogP contribution in [-0.2, 0) is 14.3 Å². The van der Waals surface area contributed by atoms with Crippen LogP contribution in [0.5, 0.6) is 0 Å². The second kappa shape index (κ2) is 32.8. The molecule has 42 heavy (non-hydrogen) atoms. The first kappa shape index (κ1) is 40.9. The van der Waals surface area contributed by atoms with Crippen molar-refractivity contribution >= 4 is 11.9 Å². The van der Waals surface area contributed by atoms with E-state index in [9.17, 15) is 14.7 Å². The van der Waals surface area contributed by atoms with Crippen LogP contribution in [0.2, 0.25) is 0 Å². The maximum absolute atomic E-state index is 12.6. The van der Waals surface area contributed by atoms with Crippen molar-refractivity contribution in [2.75, 3.05) is 6.61 Å². The highest BCUT2D eigenvalue weighted by Crippen LogP contribution is 2.22.